The number of nitro groups is 2. The van der Waals surface area contributed by atoms with Crippen molar-refractivity contribution in [3.8, 4) is 0 Å². The second kappa shape index (κ2) is 13.0. The van der Waals surface area contributed by atoms with Gasteiger partial charge in [-0.3, -0.25) is 29.8 Å². The molecule has 0 atom stereocenters. The van der Waals surface area contributed by atoms with Crippen LogP contribution in [0.25, 0.3) is 0 Å². The maximum absolute atomic E-state index is 11.8. The van der Waals surface area contributed by atoms with Gasteiger partial charge >= 0.3 is 23.9 Å². The first-order valence-electron chi connectivity index (χ1n) is 9.82. The molecule has 2 aromatic rings. The minimum Gasteiger partial charge on any atom is -0.462 e. The third-order valence-corrected chi connectivity index (χ3v) is 4.08. The van der Waals surface area contributed by atoms with E-state index in [4.69, 9.17) is 18.9 Å². The van der Waals surface area contributed by atoms with Gasteiger partial charge in [-0.05, 0) is 24.3 Å². The molecule has 0 radical (unpaired) electrons. The average Bonchev–Trinajstić information content (AvgIpc) is 2.84. The van der Waals surface area contributed by atoms with Crippen LogP contribution in [0.4, 0.5) is 11.4 Å². The van der Waals surface area contributed by atoms with Crippen LogP contribution in [0.2, 0.25) is 0 Å². The van der Waals surface area contributed by atoms with E-state index in [9.17, 15) is 39.4 Å². The van der Waals surface area contributed by atoms with Gasteiger partial charge in [0.05, 0.1) is 21.0 Å². The van der Waals surface area contributed by atoms with Crippen molar-refractivity contribution >= 4 is 35.3 Å². The quantitative estimate of drug-likeness (QED) is 0.105. The molecule has 2 aromatic carbocycles. The number of ether oxygens (including phenoxy) is 4. The molecule has 14 heteroatoms. The van der Waals surface area contributed by atoms with E-state index in [0.717, 1.165) is 24.3 Å². The third-order valence-electron chi connectivity index (χ3n) is 4.08. The highest BCUT2D eigenvalue weighted by molar-refractivity contribution is 5.91. The SMILES string of the molecule is O=C(CC(=O)OCCOC(=O)c1ccc([N+](=O)[O-])cc1)OCCOC(=O)c1ccc([N+](=O)[O-])cc1. The summed E-state index contributed by atoms with van der Waals surface area (Å²) in [5, 5.41) is 21.2. The zero-order valence-electron chi connectivity index (χ0n) is 17.9. The zero-order chi connectivity index (χ0) is 25.8. The van der Waals surface area contributed by atoms with Gasteiger partial charge in [0, 0.05) is 24.3 Å². The highest BCUT2D eigenvalue weighted by Crippen LogP contribution is 2.13. The van der Waals surface area contributed by atoms with Gasteiger partial charge in [0.1, 0.15) is 32.8 Å². The normalized spacial score (nSPS) is 10.1. The Bertz CT molecular complexity index is 1010. The fraction of sp³-hybridized carbons (Fsp3) is 0.238. The lowest BCUT2D eigenvalue weighted by Gasteiger charge is -2.08. The second-order valence-corrected chi connectivity index (χ2v) is 6.50. The summed E-state index contributed by atoms with van der Waals surface area (Å²) in [6, 6.07) is 9.41. The molecule has 0 unspecified atom stereocenters. The fourth-order valence-electron chi connectivity index (χ4n) is 2.40. The molecule has 0 spiro atoms. The maximum atomic E-state index is 11.8. The van der Waals surface area contributed by atoms with Gasteiger partial charge < -0.3 is 18.9 Å². The lowest BCUT2D eigenvalue weighted by molar-refractivity contribution is -0.385. The number of carbonyl (C=O) groups excluding carboxylic acids is 4. The van der Waals surface area contributed by atoms with Gasteiger partial charge in [0.15, 0.2) is 0 Å². The Balaban J connectivity index is 1.58. The van der Waals surface area contributed by atoms with E-state index in [0.29, 0.717) is 0 Å². The van der Waals surface area contributed by atoms with E-state index in [1.54, 1.807) is 0 Å². The van der Waals surface area contributed by atoms with Crippen molar-refractivity contribution in [1.82, 2.24) is 0 Å². The minimum absolute atomic E-state index is 0.0692. The van der Waals surface area contributed by atoms with Gasteiger partial charge in [-0.25, -0.2) is 9.59 Å². The van der Waals surface area contributed by atoms with E-state index in [-0.39, 0.29) is 48.9 Å². The number of hydrogen-bond donors (Lipinski definition) is 0. The Kier molecular flexibility index (Phi) is 9.78. The summed E-state index contributed by atoms with van der Waals surface area (Å²) in [5.74, 6) is -3.44. The predicted molar refractivity (Wildman–Crippen MR) is 113 cm³/mol. The third kappa shape index (κ3) is 8.88. The molecule has 35 heavy (non-hydrogen) atoms. The lowest BCUT2D eigenvalue weighted by Crippen LogP contribution is -2.19. The predicted octanol–water partition coefficient (Wildman–Crippen LogP) is 1.99. The second-order valence-electron chi connectivity index (χ2n) is 6.50. The molecule has 0 aliphatic carbocycles. The number of carbonyl (C=O) groups is 4. The van der Waals surface area contributed by atoms with E-state index in [1.807, 2.05) is 0 Å². The number of hydrogen-bond acceptors (Lipinski definition) is 12. The first kappa shape index (κ1) is 26.4. The largest absolute Gasteiger partial charge is 0.462 e. The number of esters is 4. The summed E-state index contributed by atoms with van der Waals surface area (Å²) in [7, 11) is 0. The smallest absolute Gasteiger partial charge is 0.338 e. The molecule has 0 saturated heterocycles. The topological polar surface area (TPSA) is 191 Å². The zero-order valence-corrected chi connectivity index (χ0v) is 17.9. The van der Waals surface area contributed by atoms with Crippen LogP contribution in [0, 0.1) is 20.2 Å². The van der Waals surface area contributed by atoms with Crippen LogP contribution in [-0.4, -0.2) is 60.2 Å². The average molecular weight is 490 g/mol. The molecule has 184 valence electrons. The number of nitrogens with zero attached hydrogens (tertiary/aromatic N) is 2. The summed E-state index contributed by atoms with van der Waals surface area (Å²) in [6.07, 6.45) is -0.730. The van der Waals surface area contributed by atoms with Crippen molar-refractivity contribution < 1.29 is 48.0 Å². The minimum atomic E-state index is -0.941. The Hall–Kier alpha value is -4.88. The van der Waals surface area contributed by atoms with Gasteiger partial charge in [0.25, 0.3) is 11.4 Å². The van der Waals surface area contributed by atoms with Crippen LogP contribution in [0.5, 0.6) is 0 Å². The van der Waals surface area contributed by atoms with Crippen LogP contribution < -0.4 is 0 Å². The molecule has 14 nitrogen and oxygen atoms in total. The van der Waals surface area contributed by atoms with Gasteiger partial charge in [-0.2, -0.15) is 0 Å². The Morgan fingerprint density at radius 1 is 0.571 bits per heavy atom. The first-order valence-corrected chi connectivity index (χ1v) is 9.82. The molecular formula is C21H18N2O12. The molecule has 0 bridgehead atoms. The lowest BCUT2D eigenvalue weighted by atomic mass is 10.2. The molecule has 0 aliphatic heterocycles. The van der Waals surface area contributed by atoms with E-state index in [1.165, 1.54) is 24.3 Å². The van der Waals surface area contributed by atoms with Crippen LogP contribution in [0.1, 0.15) is 27.1 Å². The van der Waals surface area contributed by atoms with Crippen LogP contribution >= 0.6 is 0 Å². The monoisotopic (exact) mass is 490 g/mol. The molecular weight excluding hydrogens is 472 g/mol. The molecule has 0 heterocycles. The number of benzene rings is 2. The molecule has 0 saturated carbocycles. The molecule has 0 aliphatic rings. The summed E-state index contributed by atoms with van der Waals surface area (Å²) in [6.45, 7) is -1.29. The number of rotatable bonds is 12. The summed E-state index contributed by atoms with van der Waals surface area (Å²) >= 11 is 0. The van der Waals surface area contributed by atoms with Crippen molar-refractivity contribution in [3.63, 3.8) is 0 Å². The maximum Gasteiger partial charge on any atom is 0.338 e. The molecule has 0 N–H and O–H groups in total. The molecule has 0 fully saturated rings. The first-order chi connectivity index (χ1) is 16.7. The van der Waals surface area contributed by atoms with Crippen molar-refractivity contribution in [2.75, 3.05) is 26.4 Å². The molecule has 0 aromatic heterocycles. The summed E-state index contributed by atoms with van der Waals surface area (Å²) in [4.78, 5) is 66.8. The van der Waals surface area contributed by atoms with Crippen molar-refractivity contribution in [3.05, 3.63) is 79.9 Å². The van der Waals surface area contributed by atoms with E-state index >= 15 is 0 Å². The summed E-state index contributed by atoms with van der Waals surface area (Å²) < 4.78 is 19.2. The van der Waals surface area contributed by atoms with Crippen LogP contribution in [-0.2, 0) is 28.5 Å². The van der Waals surface area contributed by atoms with Gasteiger partial charge in [-0.15, -0.1) is 0 Å². The van der Waals surface area contributed by atoms with Crippen LogP contribution in [0.15, 0.2) is 48.5 Å². The Labute approximate surface area is 196 Å². The Morgan fingerprint density at radius 2 is 0.886 bits per heavy atom. The van der Waals surface area contributed by atoms with Crippen molar-refractivity contribution in [1.29, 1.82) is 0 Å². The summed E-state index contributed by atoms with van der Waals surface area (Å²) in [5.41, 5.74) is -0.241. The number of non-ortho nitro benzene ring substituents is 2. The Morgan fingerprint density at radius 3 is 1.20 bits per heavy atom. The van der Waals surface area contributed by atoms with Gasteiger partial charge in [-0.1, -0.05) is 0 Å². The highest BCUT2D eigenvalue weighted by Gasteiger charge is 2.15. The fourth-order valence-corrected chi connectivity index (χ4v) is 2.40. The standard InChI is InChI=1S/C21H18N2O12/c24-18(32-9-11-34-20(26)14-1-5-16(6-2-14)22(28)29)13-19(25)33-10-12-35-21(27)15-3-7-17(8-4-15)23(30)31/h1-8H,9-13H2. The van der Waals surface area contributed by atoms with Gasteiger partial charge in [0.2, 0.25) is 0 Å². The van der Waals surface area contributed by atoms with E-state index in [2.05, 4.69) is 0 Å². The van der Waals surface area contributed by atoms with Crippen LogP contribution in [0.3, 0.4) is 0 Å². The molecule has 2 rings (SSSR count). The van der Waals surface area contributed by atoms with Crippen molar-refractivity contribution in [2.45, 2.75) is 6.42 Å². The van der Waals surface area contributed by atoms with Crippen molar-refractivity contribution in [2.24, 2.45) is 0 Å². The highest BCUT2D eigenvalue weighted by atomic mass is 16.6. The van der Waals surface area contributed by atoms with E-state index < -0.39 is 40.1 Å². The number of nitro benzene ring substituents is 2. The molecule has 0 amide bonds.